The molecule has 2 saturated carbocycles. The van der Waals surface area contributed by atoms with Gasteiger partial charge in [0.05, 0.1) is 12.2 Å². The van der Waals surface area contributed by atoms with E-state index in [9.17, 15) is 13.9 Å². The lowest BCUT2D eigenvalue weighted by Crippen LogP contribution is -2.35. The molecule has 2 aliphatic carbocycles. The standard InChI is InChI=1S/C25H38F2O2/c1-3-5-6-7-18-8-10-19(11-9-18)20-14-16-25(28,17-15-20)21-12-13-22(29-4-2)24(27)23(21)26/h12-13,18-20,28H,3-11,14-17H2,1-2H3. The number of hydrogen-bond acceptors (Lipinski definition) is 2. The van der Waals surface area contributed by atoms with Crippen LogP contribution < -0.4 is 4.74 Å². The van der Waals surface area contributed by atoms with Crippen molar-refractivity contribution in [2.24, 2.45) is 17.8 Å². The van der Waals surface area contributed by atoms with E-state index >= 15 is 0 Å². The van der Waals surface area contributed by atoms with E-state index in [4.69, 9.17) is 4.74 Å². The van der Waals surface area contributed by atoms with Gasteiger partial charge in [-0.05, 0) is 75.3 Å². The molecule has 1 aromatic carbocycles. The largest absolute Gasteiger partial charge is 0.491 e. The molecule has 0 spiro atoms. The van der Waals surface area contributed by atoms with Crippen molar-refractivity contribution >= 4 is 0 Å². The van der Waals surface area contributed by atoms with E-state index in [1.54, 1.807) is 6.92 Å². The molecule has 0 radical (unpaired) electrons. The Labute approximate surface area is 175 Å². The van der Waals surface area contributed by atoms with Gasteiger partial charge in [-0.3, -0.25) is 0 Å². The highest BCUT2D eigenvalue weighted by Crippen LogP contribution is 2.47. The van der Waals surface area contributed by atoms with Crippen LogP contribution in [0.3, 0.4) is 0 Å². The second-order valence-electron chi connectivity index (χ2n) is 9.32. The van der Waals surface area contributed by atoms with Gasteiger partial charge in [0, 0.05) is 5.56 Å². The van der Waals surface area contributed by atoms with Crippen LogP contribution in [0.1, 0.15) is 96.5 Å². The second-order valence-corrected chi connectivity index (χ2v) is 9.32. The molecule has 0 heterocycles. The molecule has 29 heavy (non-hydrogen) atoms. The predicted octanol–water partition coefficient (Wildman–Crippen LogP) is 7.13. The average molecular weight is 409 g/mol. The van der Waals surface area contributed by atoms with Crippen LogP contribution in [-0.4, -0.2) is 11.7 Å². The van der Waals surface area contributed by atoms with Crippen molar-refractivity contribution in [2.75, 3.05) is 6.61 Å². The molecule has 164 valence electrons. The smallest absolute Gasteiger partial charge is 0.200 e. The van der Waals surface area contributed by atoms with Crippen molar-refractivity contribution in [2.45, 2.75) is 96.5 Å². The van der Waals surface area contributed by atoms with E-state index in [0.29, 0.717) is 18.8 Å². The summed E-state index contributed by atoms with van der Waals surface area (Å²) in [4.78, 5) is 0. The van der Waals surface area contributed by atoms with E-state index in [2.05, 4.69) is 6.92 Å². The molecule has 0 bridgehead atoms. The third-order valence-corrected chi connectivity index (χ3v) is 7.48. The molecule has 4 heteroatoms. The Balaban J connectivity index is 1.54. The Morgan fingerprint density at radius 1 is 0.931 bits per heavy atom. The first kappa shape index (κ1) is 22.5. The van der Waals surface area contributed by atoms with Crippen LogP contribution in [-0.2, 0) is 5.60 Å². The van der Waals surface area contributed by atoms with Crippen LogP contribution in [0.5, 0.6) is 5.75 Å². The summed E-state index contributed by atoms with van der Waals surface area (Å²) in [5.74, 6) is 0.234. The summed E-state index contributed by atoms with van der Waals surface area (Å²) in [6.07, 6.45) is 13.5. The van der Waals surface area contributed by atoms with Gasteiger partial charge in [-0.2, -0.15) is 4.39 Å². The first-order valence-corrected chi connectivity index (χ1v) is 11.8. The van der Waals surface area contributed by atoms with Crippen molar-refractivity contribution in [1.29, 1.82) is 0 Å². The highest BCUT2D eigenvalue weighted by atomic mass is 19.2. The Hall–Kier alpha value is -1.16. The molecule has 2 nitrogen and oxygen atoms in total. The van der Waals surface area contributed by atoms with Crippen molar-refractivity contribution in [1.82, 2.24) is 0 Å². The fourth-order valence-electron chi connectivity index (χ4n) is 5.65. The third kappa shape index (κ3) is 5.31. The molecule has 0 amide bonds. The Morgan fingerprint density at radius 2 is 1.59 bits per heavy atom. The molecule has 0 aromatic heterocycles. The number of unbranched alkanes of at least 4 members (excludes halogenated alkanes) is 2. The summed E-state index contributed by atoms with van der Waals surface area (Å²) in [6.45, 7) is 4.27. The van der Waals surface area contributed by atoms with E-state index in [-0.39, 0.29) is 17.9 Å². The molecule has 0 saturated heterocycles. The number of halogens is 2. The highest BCUT2D eigenvalue weighted by molar-refractivity contribution is 5.34. The van der Waals surface area contributed by atoms with E-state index < -0.39 is 17.2 Å². The van der Waals surface area contributed by atoms with Crippen LogP contribution in [0.2, 0.25) is 0 Å². The summed E-state index contributed by atoms with van der Waals surface area (Å²) in [5.41, 5.74) is -1.17. The van der Waals surface area contributed by atoms with Gasteiger partial charge in [0.1, 0.15) is 0 Å². The van der Waals surface area contributed by atoms with Crippen LogP contribution in [0, 0.1) is 29.4 Å². The van der Waals surface area contributed by atoms with Gasteiger partial charge in [0.25, 0.3) is 0 Å². The topological polar surface area (TPSA) is 29.5 Å². The minimum absolute atomic E-state index is 0.0817. The van der Waals surface area contributed by atoms with Gasteiger partial charge < -0.3 is 9.84 Å². The number of ether oxygens (including phenoxy) is 1. The summed E-state index contributed by atoms with van der Waals surface area (Å²) in [7, 11) is 0. The first-order chi connectivity index (χ1) is 14.0. The van der Waals surface area contributed by atoms with Gasteiger partial charge >= 0.3 is 0 Å². The monoisotopic (exact) mass is 408 g/mol. The normalized spacial score (nSPS) is 30.3. The summed E-state index contributed by atoms with van der Waals surface area (Å²) in [6, 6.07) is 2.95. The van der Waals surface area contributed by atoms with E-state index in [1.165, 1.54) is 63.5 Å². The maximum atomic E-state index is 14.6. The van der Waals surface area contributed by atoms with Crippen LogP contribution in [0.15, 0.2) is 12.1 Å². The van der Waals surface area contributed by atoms with Crippen LogP contribution in [0.25, 0.3) is 0 Å². The molecule has 0 atom stereocenters. The maximum absolute atomic E-state index is 14.6. The van der Waals surface area contributed by atoms with Crippen molar-refractivity contribution in [3.63, 3.8) is 0 Å². The molecule has 2 fully saturated rings. The average Bonchev–Trinajstić information content (AvgIpc) is 2.73. The summed E-state index contributed by atoms with van der Waals surface area (Å²) < 4.78 is 34.0. The van der Waals surface area contributed by atoms with Crippen molar-refractivity contribution in [3.8, 4) is 5.75 Å². The van der Waals surface area contributed by atoms with Crippen molar-refractivity contribution in [3.05, 3.63) is 29.3 Å². The molecule has 1 aromatic rings. The molecule has 2 aliphatic rings. The summed E-state index contributed by atoms with van der Waals surface area (Å²) in [5, 5.41) is 11.1. The van der Waals surface area contributed by atoms with Gasteiger partial charge in [-0.25, -0.2) is 4.39 Å². The van der Waals surface area contributed by atoms with Gasteiger partial charge in [-0.1, -0.05) is 45.4 Å². The van der Waals surface area contributed by atoms with Crippen LogP contribution >= 0.6 is 0 Å². The fourth-order valence-corrected chi connectivity index (χ4v) is 5.65. The second kappa shape index (κ2) is 10.2. The zero-order valence-corrected chi connectivity index (χ0v) is 18.2. The third-order valence-electron chi connectivity index (χ3n) is 7.48. The van der Waals surface area contributed by atoms with E-state index in [1.807, 2.05) is 0 Å². The molecular formula is C25H38F2O2. The predicted molar refractivity (Wildman–Crippen MR) is 113 cm³/mol. The minimum Gasteiger partial charge on any atom is -0.491 e. The lowest BCUT2D eigenvalue weighted by molar-refractivity contribution is -0.0291. The zero-order chi connectivity index (χ0) is 20.9. The molecule has 3 rings (SSSR count). The number of rotatable bonds is 8. The summed E-state index contributed by atoms with van der Waals surface area (Å²) >= 11 is 0. The molecule has 1 N–H and O–H groups in total. The van der Waals surface area contributed by atoms with Gasteiger partial charge in [0.15, 0.2) is 11.6 Å². The SMILES string of the molecule is CCCCCC1CCC(C2CCC(O)(c3ccc(OCC)c(F)c3F)CC2)CC1. The van der Waals surface area contributed by atoms with Gasteiger partial charge in [0.2, 0.25) is 5.82 Å². The Bertz CT molecular complexity index is 644. The lowest BCUT2D eigenvalue weighted by Gasteiger charge is -2.41. The van der Waals surface area contributed by atoms with Crippen molar-refractivity contribution < 1.29 is 18.6 Å². The van der Waals surface area contributed by atoms with E-state index in [0.717, 1.165) is 24.7 Å². The number of benzene rings is 1. The Morgan fingerprint density at radius 3 is 2.21 bits per heavy atom. The molecule has 0 aliphatic heterocycles. The van der Waals surface area contributed by atoms with Gasteiger partial charge in [-0.15, -0.1) is 0 Å². The fraction of sp³-hybridized carbons (Fsp3) is 0.760. The number of hydrogen-bond donors (Lipinski definition) is 1. The number of aliphatic hydroxyl groups is 1. The quantitative estimate of drug-likeness (QED) is 0.464. The molecule has 0 unspecified atom stereocenters. The molecular weight excluding hydrogens is 370 g/mol. The van der Waals surface area contributed by atoms with Crippen LogP contribution in [0.4, 0.5) is 8.78 Å². The maximum Gasteiger partial charge on any atom is 0.200 e. The zero-order valence-electron chi connectivity index (χ0n) is 18.2. The highest BCUT2D eigenvalue weighted by Gasteiger charge is 2.40. The first-order valence-electron chi connectivity index (χ1n) is 11.8. The Kier molecular flexibility index (Phi) is 7.95. The lowest BCUT2D eigenvalue weighted by atomic mass is 9.66. The minimum atomic E-state index is -1.26.